The Hall–Kier alpha value is -1.33. The van der Waals surface area contributed by atoms with Crippen molar-refractivity contribution in [2.24, 2.45) is 5.73 Å². The molecule has 5 heteroatoms. The van der Waals surface area contributed by atoms with E-state index >= 15 is 0 Å². The number of benzene rings is 1. The number of thioether (sulfide) groups is 1. The van der Waals surface area contributed by atoms with Gasteiger partial charge in [-0.15, -0.1) is 10.2 Å². The van der Waals surface area contributed by atoms with Crippen molar-refractivity contribution in [2.45, 2.75) is 56.6 Å². The van der Waals surface area contributed by atoms with E-state index in [0.717, 1.165) is 29.7 Å². The molecule has 3 rings (SSSR count). The van der Waals surface area contributed by atoms with Gasteiger partial charge in [-0.05, 0) is 42.4 Å². The Bertz CT molecular complexity index is 621. The topological polar surface area (TPSA) is 56.7 Å². The highest BCUT2D eigenvalue weighted by Crippen LogP contribution is 2.27. The summed E-state index contributed by atoms with van der Waals surface area (Å²) >= 11 is 1.76. The van der Waals surface area contributed by atoms with Crippen LogP contribution in [0.15, 0.2) is 23.4 Å². The van der Waals surface area contributed by atoms with Crippen LogP contribution in [-0.2, 0) is 31.7 Å². The Morgan fingerprint density at radius 1 is 1.24 bits per heavy atom. The molecule has 1 aromatic carbocycles. The average Bonchev–Trinajstić information content (AvgIpc) is 3.11. The van der Waals surface area contributed by atoms with E-state index in [1.807, 2.05) is 0 Å². The fraction of sp³-hybridized carbons (Fsp3) is 0.500. The summed E-state index contributed by atoms with van der Waals surface area (Å²) in [4.78, 5) is 0. The lowest BCUT2D eigenvalue weighted by atomic mass is 10.1. The van der Waals surface area contributed by atoms with E-state index in [1.54, 1.807) is 11.8 Å². The number of nitrogens with two attached hydrogens (primary N) is 1. The number of nitrogens with zero attached hydrogens (tertiary/aromatic N) is 3. The van der Waals surface area contributed by atoms with Crippen molar-refractivity contribution < 1.29 is 0 Å². The van der Waals surface area contributed by atoms with Gasteiger partial charge in [0.15, 0.2) is 5.16 Å². The molecule has 0 aliphatic heterocycles. The fourth-order valence-electron chi connectivity index (χ4n) is 2.89. The maximum atomic E-state index is 5.73. The Kier molecular flexibility index (Phi) is 4.60. The second-order valence-electron chi connectivity index (χ2n) is 5.50. The van der Waals surface area contributed by atoms with E-state index in [9.17, 15) is 0 Å². The van der Waals surface area contributed by atoms with Gasteiger partial charge in [-0.25, -0.2) is 0 Å². The van der Waals surface area contributed by atoms with Gasteiger partial charge >= 0.3 is 0 Å². The molecule has 1 aromatic heterocycles. The van der Waals surface area contributed by atoms with E-state index in [1.165, 1.54) is 36.0 Å². The van der Waals surface area contributed by atoms with Crippen LogP contribution >= 0.6 is 11.8 Å². The van der Waals surface area contributed by atoms with Crippen LogP contribution in [0.3, 0.4) is 0 Å². The molecule has 0 bridgehead atoms. The number of aryl methyl sites for hydroxylation is 2. The van der Waals surface area contributed by atoms with E-state index in [0.29, 0.717) is 6.54 Å². The molecule has 0 atom stereocenters. The van der Waals surface area contributed by atoms with E-state index < -0.39 is 0 Å². The monoisotopic (exact) mass is 302 g/mol. The molecule has 1 heterocycles. The minimum atomic E-state index is 0.451. The number of aromatic nitrogens is 3. The highest BCUT2D eigenvalue weighted by atomic mass is 32.2. The molecule has 0 spiro atoms. The summed E-state index contributed by atoms with van der Waals surface area (Å²) in [7, 11) is 0. The molecule has 1 aliphatic carbocycles. The van der Waals surface area contributed by atoms with Gasteiger partial charge in [0, 0.05) is 12.3 Å². The first-order valence-corrected chi connectivity index (χ1v) is 8.66. The molecule has 0 saturated carbocycles. The Morgan fingerprint density at radius 2 is 2.10 bits per heavy atom. The SMILES string of the molecule is CCCn1c(CN)nnc1SCc1ccc2c(c1)CCC2. The first-order valence-electron chi connectivity index (χ1n) is 7.67. The van der Waals surface area contributed by atoms with Crippen LogP contribution in [-0.4, -0.2) is 14.8 Å². The summed E-state index contributed by atoms with van der Waals surface area (Å²) in [6, 6.07) is 6.90. The van der Waals surface area contributed by atoms with Crippen LogP contribution in [0.5, 0.6) is 0 Å². The lowest BCUT2D eigenvalue weighted by Gasteiger charge is -2.08. The minimum Gasteiger partial charge on any atom is -0.324 e. The molecule has 0 fully saturated rings. The van der Waals surface area contributed by atoms with Crippen LogP contribution in [0.2, 0.25) is 0 Å². The van der Waals surface area contributed by atoms with Crippen LogP contribution in [0.4, 0.5) is 0 Å². The number of hydrogen-bond donors (Lipinski definition) is 1. The van der Waals surface area contributed by atoms with Gasteiger partial charge in [0.1, 0.15) is 5.82 Å². The van der Waals surface area contributed by atoms with Crippen molar-refractivity contribution >= 4 is 11.8 Å². The van der Waals surface area contributed by atoms with Crippen molar-refractivity contribution in [1.29, 1.82) is 0 Å². The molecule has 0 saturated heterocycles. The highest BCUT2D eigenvalue weighted by molar-refractivity contribution is 7.98. The Morgan fingerprint density at radius 3 is 2.90 bits per heavy atom. The van der Waals surface area contributed by atoms with Gasteiger partial charge in [-0.2, -0.15) is 0 Å². The van der Waals surface area contributed by atoms with Crippen molar-refractivity contribution in [1.82, 2.24) is 14.8 Å². The largest absolute Gasteiger partial charge is 0.324 e. The first-order chi connectivity index (χ1) is 10.3. The van der Waals surface area contributed by atoms with Gasteiger partial charge in [0.05, 0.1) is 6.54 Å². The summed E-state index contributed by atoms with van der Waals surface area (Å²) in [6.45, 7) is 3.55. The summed E-state index contributed by atoms with van der Waals surface area (Å²) in [5.41, 5.74) is 10.2. The van der Waals surface area contributed by atoms with Gasteiger partial charge in [0.2, 0.25) is 0 Å². The minimum absolute atomic E-state index is 0.451. The molecule has 2 N–H and O–H groups in total. The second-order valence-corrected chi connectivity index (χ2v) is 6.44. The quantitative estimate of drug-likeness (QED) is 0.834. The molecular formula is C16H22N4S. The van der Waals surface area contributed by atoms with Crippen molar-refractivity contribution in [3.8, 4) is 0 Å². The van der Waals surface area contributed by atoms with Crippen molar-refractivity contribution in [2.75, 3.05) is 0 Å². The van der Waals surface area contributed by atoms with E-state index in [2.05, 4.69) is 39.9 Å². The van der Waals surface area contributed by atoms with Gasteiger partial charge < -0.3 is 10.3 Å². The highest BCUT2D eigenvalue weighted by Gasteiger charge is 2.13. The molecule has 21 heavy (non-hydrogen) atoms. The van der Waals surface area contributed by atoms with Crippen LogP contribution < -0.4 is 5.73 Å². The summed E-state index contributed by atoms with van der Waals surface area (Å²) in [5, 5.41) is 9.46. The molecule has 0 radical (unpaired) electrons. The second kappa shape index (κ2) is 6.62. The molecule has 0 amide bonds. The molecule has 2 aromatic rings. The zero-order valence-corrected chi connectivity index (χ0v) is 13.3. The molecule has 112 valence electrons. The number of rotatable bonds is 6. The van der Waals surface area contributed by atoms with Gasteiger partial charge in [0.25, 0.3) is 0 Å². The summed E-state index contributed by atoms with van der Waals surface area (Å²) < 4.78 is 2.15. The van der Waals surface area contributed by atoms with Gasteiger partial charge in [-0.1, -0.05) is 36.9 Å². The zero-order valence-electron chi connectivity index (χ0n) is 12.5. The molecule has 0 unspecified atom stereocenters. The predicted octanol–water partition coefficient (Wildman–Crippen LogP) is 2.93. The molecular weight excluding hydrogens is 280 g/mol. The summed E-state index contributed by atoms with van der Waals surface area (Å²) in [6.07, 6.45) is 4.85. The first kappa shape index (κ1) is 14.6. The average molecular weight is 302 g/mol. The fourth-order valence-corrected chi connectivity index (χ4v) is 3.81. The number of hydrogen-bond acceptors (Lipinski definition) is 4. The predicted molar refractivity (Wildman–Crippen MR) is 86.2 cm³/mol. The van der Waals surface area contributed by atoms with Crippen LogP contribution in [0.1, 0.15) is 42.3 Å². The third-order valence-corrected chi connectivity index (χ3v) is 4.99. The Labute approximate surface area is 130 Å². The third kappa shape index (κ3) is 3.14. The molecule has 4 nitrogen and oxygen atoms in total. The normalized spacial score (nSPS) is 13.6. The zero-order chi connectivity index (χ0) is 14.7. The van der Waals surface area contributed by atoms with E-state index in [-0.39, 0.29) is 0 Å². The Balaban J connectivity index is 1.71. The van der Waals surface area contributed by atoms with Crippen molar-refractivity contribution in [3.63, 3.8) is 0 Å². The maximum absolute atomic E-state index is 5.73. The van der Waals surface area contributed by atoms with Gasteiger partial charge in [-0.3, -0.25) is 0 Å². The standard InChI is InChI=1S/C16H22N4S/c1-2-8-20-15(10-17)18-19-16(20)21-11-12-6-7-13-4-3-5-14(13)9-12/h6-7,9H,2-5,8,10-11,17H2,1H3. The lowest BCUT2D eigenvalue weighted by Crippen LogP contribution is -2.09. The number of fused-ring (bicyclic) bond motifs is 1. The van der Waals surface area contributed by atoms with Crippen LogP contribution in [0.25, 0.3) is 0 Å². The molecule has 1 aliphatic rings. The van der Waals surface area contributed by atoms with Crippen LogP contribution in [0, 0.1) is 0 Å². The summed E-state index contributed by atoms with van der Waals surface area (Å²) in [5.74, 6) is 1.83. The third-order valence-electron chi connectivity index (χ3n) is 3.95. The smallest absolute Gasteiger partial charge is 0.191 e. The maximum Gasteiger partial charge on any atom is 0.191 e. The lowest BCUT2D eigenvalue weighted by molar-refractivity contribution is 0.592. The van der Waals surface area contributed by atoms with E-state index in [4.69, 9.17) is 5.73 Å². The van der Waals surface area contributed by atoms with Crippen molar-refractivity contribution in [3.05, 3.63) is 40.7 Å².